The fourth-order valence-corrected chi connectivity index (χ4v) is 2.74. The van der Waals surface area contributed by atoms with Gasteiger partial charge in [0, 0.05) is 24.5 Å². The molecule has 0 fully saturated rings. The first kappa shape index (κ1) is 17.0. The van der Waals surface area contributed by atoms with E-state index in [-0.39, 0.29) is 24.9 Å². The number of hydrogen-bond donors (Lipinski definition) is 1. The first-order valence-electron chi connectivity index (χ1n) is 8.23. The van der Waals surface area contributed by atoms with Gasteiger partial charge in [0.15, 0.2) is 0 Å². The Balaban J connectivity index is 1.81. The van der Waals surface area contributed by atoms with Crippen LogP contribution in [0.2, 0.25) is 0 Å². The van der Waals surface area contributed by atoms with Crippen molar-refractivity contribution in [2.45, 2.75) is 20.3 Å². The smallest absolute Gasteiger partial charge is 0.293 e. The van der Waals surface area contributed by atoms with Crippen molar-refractivity contribution in [3.05, 3.63) is 59.2 Å². The van der Waals surface area contributed by atoms with Crippen LogP contribution in [0, 0.1) is 13.8 Å². The number of aliphatic hydroxyl groups is 1. The van der Waals surface area contributed by atoms with Gasteiger partial charge >= 0.3 is 0 Å². The van der Waals surface area contributed by atoms with Crippen LogP contribution in [0.5, 0.6) is 0 Å². The van der Waals surface area contributed by atoms with Crippen molar-refractivity contribution in [3.8, 4) is 0 Å². The Bertz CT molecular complexity index is 876. The Morgan fingerprint density at radius 3 is 2.64 bits per heavy atom. The predicted molar refractivity (Wildman–Crippen MR) is 93.4 cm³/mol. The normalized spacial score (nSPS) is 11.0. The average Bonchev–Trinajstić information content (AvgIpc) is 3.03. The lowest BCUT2D eigenvalue weighted by atomic mass is 10.1. The van der Waals surface area contributed by atoms with Crippen LogP contribution in [0.3, 0.4) is 0 Å². The number of carbonyl (C=O) groups is 1. The lowest BCUT2D eigenvalue weighted by molar-refractivity contribution is 0.0712. The molecule has 1 aromatic carbocycles. The Hall–Kier alpha value is -2.80. The van der Waals surface area contributed by atoms with Crippen molar-refractivity contribution < 1.29 is 9.90 Å². The fourth-order valence-electron chi connectivity index (χ4n) is 2.74. The summed E-state index contributed by atoms with van der Waals surface area (Å²) in [6, 6.07) is 11.8. The number of aryl methyl sites for hydroxylation is 2. The van der Waals surface area contributed by atoms with Gasteiger partial charge in [0.2, 0.25) is 5.82 Å². The highest BCUT2D eigenvalue weighted by molar-refractivity contribution is 5.90. The van der Waals surface area contributed by atoms with Gasteiger partial charge in [-0.3, -0.25) is 4.79 Å². The number of rotatable bonds is 6. The van der Waals surface area contributed by atoms with Gasteiger partial charge in [0.1, 0.15) is 0 Å². The second kappa shape index (κ2) is 7.40. The Morgan fingerprint density at radius 1 is 1.16 bits per heavy atom. The van der Waals surface area contributed by atoms with Crippen molar-refractivity contribution in [3.63, 3.8) is 0 Å². The van der Waals surface area contributed by atoms with Crippen LogP contribution in [0.4, 0.5) is 0 Å². The van der Waals surface area contributed by atoms with E-state index in [2.05, 4.69) is 15.1 Å². The molecule has 2 aromatic heterocycles. The maximum absolute atomic E-state index is 12.8. The summed E-state index contributed by atoms with van der Waals surface area (Å²) in [6.07, 6.45) is 0.705. The highest BCUT2D eigenvalue weighted by atomic mass is 16.3. The van der Waals surface area contributed by atoms with E-state index in [1.54, 1.807) is 9.42 Å². The van der Waals surface area contributed by atoms with Crippen molar-refractivity contribution in [1.82, 2.24) is 24.5 Å². The zero-order valence-corrected chi connectivity index (χ0v) is 14.4. The number of amides is 1. The van der Waals surface area contributed by atoms with Gasteiger partial charge < -0.3 is 10.0 Å². The van der Waals surface area contributed by atoms with Gasteiger partial charge in [-0.2, -0.15) is 4.98 Å². The number of aliphatic hydroxyl groups excluding tert-OH is 1. The second-order valence-electron chi connectivity index (χ2n) is 5.94. The monoisotopic (exact) mass is 339 g/mol. The predicted octanol–water partition coefficient (Wildman–Crippen LogP) is 1.42. The molecule has 0 atom stereocenters. The van der Waals surface area contributed by atoms with E-state index in [0.717, 1.165) is 17.0 Å². The molecule has 3 aromatic rings. The zero-order chi connectivity index (χ0) is 17.8. The van der Waals surface area contributed by atoms with E-state index in [0.29, 0.717) is 18.7 Å². The molecule has 0 unspecified atom stereocenters. The van der Waals surface area contributed by atoms with Crippen LogP contribution >= 0.6 is 0 Å². The topological polar surface area (TPSA) is 83.6 Å². The van der Waals surface area contributed by atoms with Crippen LogP contribution in [0.15, 0.2) is 36.4 Å². The van der Waals surface area contributed by atoms with E-state index in [1.165, 1.54) is 0 Å². The maximum atomic E-state index is 12.8. The van der Waals surface area contributed by atoms with E-state index < -0.39 is 0 Å². The minimum absolute atomic E-state index is 0.0997. The van der Waals surface area contributed by atoms with Crippen LogP contribution in [0.1, 0.15) is 27.6 Å². The molecule has 2 heterocycles. The third kappa shape index (κ3) is 3.83. The number of hydrogen-bond acceptors (Lipinski definition) is 5. The van der Waals surface area contributed by atoms with E-state index >= 15 is 0 Å². The summed E-state index contributed by atoms with van der Waals surface area (Å²) in [7, 11) is 0. The van der Waals surface area contributed by atoms with Crippen LogP contribution in [-0.4, -0.2) is 55.2 Å². The second-order valence-corrected chi connectivity index (χ2v) is 5.94. The Kier molecular flexibility index (Phi) is 5.04. The van der Waals surface area contributed by atoms with E-state index in [9.17, 15) is 9.90 Å². The van der Waals surface area contributed by atoms with Crippen molar-refractivity contribution in [2.75, 3.05) is 19.7 Å². The summed E-state index contributed by atoms with van der Waals surface area (Å²) in [5.41, 5.74) is 2.83. The molecule has 0 bridgehead atoms. The van der Waals surface area contributed by atoms with Gasteiger partial charge in [-0.15, -0.1) is 5.10 Å². The summed E-state index contributed by atoms with van der Waals surface area (Å²) < 4.78 is 1.56. The first-order valence-corrected chi connectivity index (χ1v) is 8.23. The minimum Gasteiger partial charge on any atom is -0.395 e. The molecule has 0 radical (unpaired) electrons. The molecular formula is C18H21N5O2. The highest BCUT2D eigenvalue weighted by Gasteiger charge is 2.21. The lowest BCUT2D eigenvalue weighted by Gasteiger charge is -2.20. The summed E-state index contributed by atoms with van der Waals surface area (Å²) in [4.78, 5) is 22.9. The van der Waals surface area contributed by atoms with Crippen LogP contribution in [0.25, 0.3) is 5.78 Å². The molecule has 0 spiro atoms. The molecule has 1 N–H and O–H groups in total. The standard InChI is InChI=1S/C18H21N5O2/c1-13-12-14(2)23-18(19-13)20-16(21-23)17(25)22(10-11-24)9-8-15-6-4-3-5-7-15/h3-7,12,24H,8-11H2,1-2H3. The summed E-state index contributed by atoms with van der Waals surface area (Å²) in [5, 5.41) is 13.6. The molecule has 0 saturated heterocycles. The number of benzene rings is 1. The SMILES string of the molecule is Cc1cc(C)n2nc(C(=O)N(CCO)CCc3ccccc3)nc2n1. The number of nitrogens with zero attached hydrogens (tertiary/aromatic N) is 5. The van der Waals surface area contributed by atoms with Crippen molar-refractivity contribution in [1.29, 1.82) is 0 Å². The minimum atomic E-state index is -0.299. The molecule has 3 rings (SSSR count). The number of aromatic nitrogens is 4. The summed E-state index contributed by atoms with van der Waals surface area (Å²) >= 11 is 0. The summed E-state index contributed by atoms with van der Waals surface area (Å²) in [5.74, 6) is 0.211. The maximum Gasteiger partial charge on any atom is 0.293 e. The Morgan fingerprint density at radius 2 is 1.92 bits per heavy atom. The molecule has 7 nitrogen and oxygen atoms in total. The molecule has 0 aliphatic rings. The van der Waals surface area contributed by atoms with Gasteiger partial charge in [0.25, 0.3) is 11.7 Å². The van der Waals surface area contributed by atoms with Crippen LogP contribution < -0.4 is 0 Å². The molecule has 130 valence electrons. The van der Waals surface area contributed by atoms with E-state index in [4.69, 9.17) is 0 Å². The summed E-state index contributed by atoms with van der Waals surface area (Å²) in [6.45, 7) is 4.40. The molecule has 7 heteroatoms. The fraction of sp³-hybridized carbons (Fsp3) is 0.333. The molecule has 25 heavy (non-hydrogen) atoms. The molecule has 0 aliphatic heterocycles. The molecule has 0 aliphatic carbocycles. The first-order chi connectivity index (χ1) is 12.1. The quantitative estimate of drug-likeness (QED) is 0.734. The lowest BCUT2D eigenvalue weighted by Crippen LogP contribution is -2.36. The number of carbonyl (C=O) groups excluding carboxylic acids is 1. The van der Waals surface area contributed by atoms with Gasteiger partial charge in [-0.05, 0) is 31.9 Å². The average molecular weight is 339 g/mol. The third-order valence-corrected chi connectivity index (χ3v) is 3.98. The third-order valence-electron chi connectivity index (χ3n) is 3.98. The van der Waals surface area contributed by atoms with Gasteiger partial charge in [-0.25, -0.2) is 9.50 Å². The molecule has 1 amide bonds. The zero-order valence-electron chi connectivity index (χ0n) is 14.4. The van der Waals surface area contributed by atoms with Crippen molar-refractivity contribution >= 4 is 11.7 Å². The van der Waals surface area contributed by atoms with E-state index in [1.807, 2.05) is 50.2 Å². The van der Waals surface area contributed by atoms with Gasteiger partial charge in [0.05, 0.1) is 6.61 Å². The van der Waals surface area contributed by atoms with Crippen LogP contribution in [-0.2, 0) is 6.42 Å². The molecule has 0 saturated carbocycles. The number of fused-ring (bicyclic) bond motifs is 1. The molecular weight excluding hydrogens is 318 g/mol. The van der Waals surface area contributed by atoms with Crippen molar-refractivity contribution in [2.24, 2.45) is 0 Å². The van der Waals surface area contributed by atoms with Gasteiger partial charge in [-0.1, -0.05) is 30.3 Å². The highest BCUT2D eigenvalue weighted by Crippen LogP contribution is 2.08. The Labute approximate surface area is 146 Å². The largest absolute Gasteiger partial charge is 0.395 e.